The number of amides is 1. The quantitative estimate of drug-likeness (QED) is 0.343. The minimum atomic E-state index is -3.62. The molecule has 0 aromatic heterocycles. The van der Waals surface area contributed by atoms with E-state index in [4.69, 9.17) is 9.05 Å². The summed E-state index contributed by atoms with van der Waals surface area (Å²) < 4.78 is 23.4. The van der Waals surface area contributed by atoms with Gasteiger partial charge in [0.25, 0.3) is 0 Å². The molecule has 0 spiro atoms. The van der Waals surface area contributed by atoms with Crippen LogP contribution in [0.2, 0.25) is 0 Å². The molecule has 7 nitrogen and oxygen atoms in total. The third kappa shape index (κ3) is 5.60. The van der Waals surface area contributed by atoms with Crippen molar-refractivity contribution in [2.45, 2.75) is 20.3 Å². The second-order valence-electron chi connectivity index (χ2n) is 4.13. The lowest BCUT2D eigenvalue weighted by molar-refractivity contribution is 0.152. The van der Waals surface area contributed by atoms with Gasteiger partial charge in [0.05, 0.1) is 13.2 Å². The third-order valence-corrected chi connectivity index (χ3v) is 4.63. The van der Waals surface area contributed by atoms with E-state index in [1.807, 2.05) is 30.3 Å². The Morgan fingerprint density at radius 1 is 1.18 bits per heavy atom. The summed E-state index contributed by atoms with van der Waals surface area (Å²) in [5.74, 6) is 0. The van der Waals surface area contributed by atoms with Crippen LogP contribution >= 0.6 is 7.60 Å². The van der Waals surface area contributed by atoms with E-state index < -0.39 is 13.7 Å². The van der Waals surface area contributed by atoms with Crippen LogP contribution in [0.5, 0.6) is 0 Å². The molecule has 1 aromatic rings. The van der Waals surface area contributed by atoms with Gasteiger partial charge < -0.3 is 14.4 Å². The van der Waals surface area contributed by atoms with Gasteiger partial charge in [-0.15, -0.1) is 0 Å². The normalized spacial score (nSPS) is 12.0. The van der Waals surface area contributed by atoms with Gasteiger partial charge in [0.1, 0.15) is 0 Å². The minimum Gasteiger partial charge on any atom is -0.323 e. The van der Waals surface area contributed by atoms with E-state index in [0.717, 1.165) is 5.56 Å². The van der Waals surface area contributed by atoms with Gasteiger partial charge in [-0.2, -0.15) is 0 Å². The Labute approximate surface area is 130 Å². The number of carbonyl (C=O) groups is 1. The zero-order valence-electron chi connectivity index (χ0n) is 12.9. The average molecular weight is 328 g/mol. The van der Waals surface area contributed by atoms with Crippen molar-refractivity contribution in [3.05, 3.63) is 35.9 Å². The van der Waals surface area contributed by atoms with Crippen molar-refractivity contribution in [2.75, 3.05) is 20.3 Å². The summed E-state index contributed by atoms with van der Waals surface area (Å²) in [5, 5.41) is 5.95. The van der Waals surface area contributed by atoms with Crippen molar-refractivity contribution in [1.82, 2.24) is 5.32 Å². The van der Waals surface area contributed by atoms with Gasteiger partial charge in [0.2, 0.25) is 0 Å². The summed E-state index contributed by atoms with van der Waals surface area (Å²) in [6, 6.07) is 9.25. The van der Waals surface area contributed by atoms with Gasteiger partial charge >= 0.3 is 13.7 Å². The second-order valence-corrected chi connectivity index (χ2v) is 6.16. The molecule has 0 atom stereocenters. The molecule has 0 saturated heterocycles. The molecular weight excluding hydrogens is 307 g/mol. The fourth-order valence-electron chi connectivity index (χ4n) is 1.62. The van der Waals surface area contributed by atoms with Crippen molar-refractivity contribution in [3.8, 4) is 0 Å². The maximum absolute atomic E-state index is 12.8. The highest BCUT2D eigenvalue weighted by atomic mass is 31.2. The zero-order chi connectivity index (χ0) is 16.4. The first kappa shape index (κ1) is 18.4. The van der Waals surface area contributed by atoms with Crippen LogP contribution < -0.4 is 5.32 Å². The van der Waals surface area contributed by atoms with Crippen LogP contribution in [0.15, 0.2) is 35.5 Å². The molecule has 1 rings (SSSR count). The Kier molecular flexibility index (Phi) is 7.80. The highest BCUT2D eigenvalue weighted by molar-refractivity contribution is 7.72. The van der Waals surface area contributed by atoms with E-state index in [-0.39, 0.29) is 25.1 Å². The van der Waals surface area contributed by atoms with E-state index in [2.05, 4.69) is 15.3 Å². The number of nitrogens with one attached hydrogen (secondary N) is 1. The molecule has 0 saturated carbocycles. The molecule has 1 N–H and O–H groups in total. The monoisotopic (exact) mass is 328 g/mol. The van der Waals surface area contributed by atoms with Crippen molar-refractivity contribution < 1.29 is 23.2 Å². The Bertz CT molecular complexity index is 537. The lowest BCUT2D eigenvalue weighted by Crippen LogP contribution is -2.19. The van der Waals surface area contributed by atoms with Crippen LogP contribution in [-0.4, -0.2) is 31.8 Å². The van der Waals surface area contributed by atoms with Crippen LogP contribution in [0.4, 0.5) is 4.79 Å². The van der Waals surface area contributed by atoms with Crippen LogP contribution in [-0.2, 0) is 24.9 Å². The highest BCUT2D eigenvalue weighted by Gasteiger charge is 2.32. The number of oxime groups is 1. The SMILES string of the molecule is CCOP(=O)(OCC)C(Cc1ccccc1)=NOC(=O)NC. The number of carbonyl (C=O) groups excluding carboxylic acids is 1. The predicted molar refractivity (Wildman–Crippen MR) is 84.0 cm³/mol. The van der Waals surface area contributed by atoms with E-state index >= 15 is 0 Å². The van der Waals surface area contributed by atoms with Crippen molar-refractivity contribution in [2.24, 2.45) is 5.16 Å². The summed E-state index contributed by atoms with van der Waals surface area (Å²) >= 11 is 0. The number of nitrogens with zero attached hydrogens (tertiary/aromatic N) is 1. The summed E-state index contributed by atoms with van der Waals surface area (Å²) in [4.78, 5) is 15.9. The molecule has 8 heteroatoms. The second kappa shape index (κ2) is 9.35. The van der Waals surface area contributed by atoms with E-state index in [0.29, 0.717) is 0 Å². The largest absolute Gasteiger partial charge is 0.433 e. The van der Waals surface area contributed by atoms with Gasteiger partial charge in [-0.3, -0.25) is 9.40 Å². The first-order valence-corrected chi connectivity index (χ1v) is 8.49. The number of hydrogen-bond acceptors (Lipinski definition) is 6. The molecule has 122 valence electrons. The van der Waals surface area contributed by atoms with Crippen molar-refractivity contribution in [1.29, 1.82) is 0 Å². The molecule has 0 bridgehead atoms. The first-order chi connectivity index (χ1) is 10.6. The van der Waals surface area contributed by atoms with Crippen LogP contribution in [0.25, 0.3) is 0 Å². The first-order valence-electron chi connectivity index (χ1n) is 6.95. The molecule has 0 aliphatic carbocycles. The van der Waals surface area contributed by atoms with Crippen LogP contribution in [0.3, 0.4) is 0 Å². The van der Waals surface area contributed by atoms with E-state index in [1.54, 1.807) is 13.8 Å². The van der Waals surface area contributed by atoms with Gasteiger partial charge in [-0.1, -0.05) is 35.5 Å². The fraction of sp³-hybridized carbons (Fsp3) is 0.429. The molecular formula is C14H21N2O5P. The predicted octanol–water partition coefficient (Wildman–Crippen LogP) is 3.16. The molecule has 0 fully saturated rings. The molecule has 1 aromatic carbocycles. The lowest BCUT2D eigenvalue weighted by Gasteiger charge is -2.18. The summed E-state index contributed by atoms with van der Waals surface area (Å²) in [7, 11) is -2.21. The highest BCUT2D eigenvalue weighted by Crippen LogP contribution is 2.50. The van der Waals surface area contributed by atoms with Gasteiger partial charge in [0.15, 0.2) is 5.45 Å². The van der Waals surface area contributed by atoms with Crippen molar-refractivity contribution >= 4 is 19.1 Å². The maximum Gasteiger partial charge on any atom is 0.433 e. The van der Waals surface area contributed by atoms with Crippen LogP contribution in [0.1, 0.15) is 19.4 Å². The summed E-state index contributed by atoms with van der Waals surface area (Å²) in [6.45, 7) is 3.77. The van der Waals surface area contributed by atoms with Crippen LogP contribution in [0, 0.1) is 0 Å². The standard InChI is InChI=1S/C14H21N2O5P/c1-4-19-22(18,20-5-2)13(16-21-14(17)15-3)11-12-9-7-6-8-10-12/h6-10H,4-5,11H2,1-3H3,(H,15,17). The zero-order valence-corrected chi connectivity index (χ0v) is 13.8. The topological polar surface area (TPSA) is 86.2 Å². The Morgan fingerprint density at radius 3 is 2.27 bits per heavy atom. The Balaban J connectivity index is 3.08. The van der Waals surface area contributed by atoms with E-state index in [1.165, 1.54) is 7.05 Å². The molecule has 1 amide bonds. The minimum absolute atomic E-state index is 0.0472. The van der Waals surface area contributed by atoms with Gasteiger partial charge in [-0.05, 0) is 19.4 Å². The van der Waals surface area contributed by atoms with E-state index in [9.17, 15) is 9.36 Å². The Morgan fingerprint density at radius 2 is 1.77 bits per heavy atom. The van der Waals surface area contributed by atoms with Gasteiger partial charge in [0, 0.05) is 13.5 Å². The molecule has 0 aliphatic heterocycles. The fourth-order valence-corrected chi connectivity index (χ4v) is 3.19. The summed E-state index contributed by atoms with van der Waals surface area (Å²) in [6.07, 6.45) is -0.570. The Hall–Kier alpha value is -1.69. The average Bonchev–Trinajstić information content (AvgIpc) is 2.52. The molecule has 22 heavy (non-hydrogen) atoms. The smallest absolute Gasteiger partial charge is 0.323 e. The molecule has 0 unspecified atom stereocenters. The molecule has 0 heterocycles. The maximum atomic E-state index is 12.8. The molecule has 0 radical (unpaired) electrons. The molecule has 0 aliphatic rings. The summed E-state index contributed by atoms with van der Waals surface area (Å²) in [5.41, 5.74) is 0.896. The number of benzene rings is 1. The third-order valence-electron chi connectivity index (χ3n) is 2.56. The lowest BCUT2D eigenvalue weighted by atomic mass is 10.2. The van der Waals surface area contributed by atoms with Crippen molar-refractivity contribution in [3.63, 3.8) is 0 Å². The number of rotatable bonds is 8. The van der Waals surface area contributed by atoms with Gasteiger partial charge in [-0.25, -0.2) is 4.79 Å². The number of hydrogen-bond donors (Lipinski definition) is 1.